The zero-order valence-corrected chi connectivity index (χ0v) is 42.3. The maximum absolute atomic E-state index is 12.8. The molecule has 15 heteroatoms. The Morgan fingerprint density at radius 2 is 1.03 bits per heavy atom. The van der Waals surface area contributed by atoms with E-state index in [0.29, 0.717) is 25.7 Å². The number of allylic oxidation sites excluding steroid dienone is 16. The molecule has 9 atom stereocenters. The topological polar surface area (TPSA) is 230 Å². The second-order valence-corrected chi connectivity index (χ2v) is 18.5. The summed E-state index contributed by atoms with van der Waals surface area (Å²) >= 11 is 0. The molecule has 0 heterocycles. The lowest BCUT2D eigenvalue weighted by molar-refractivity contribution is -0.220. The van der Waals surface area contributed by atoms with Crippen LogP contribution in [0.4, 0.5) is 0 Å². The standard InChI is InChI=1S/C54H87O14P/c1-3-5-7-8-9-10-11-12-13-14-15-16-17-18-21-25-28-31-34-38-42-48(57)67-46(44-66-69(63,64)68-54-52(61)50(59)49(58)51(60)53(54)62)43-65-47(56)41-37-33-30-27-24-22-19-20-23-26-29-32-36-40-45(55)39-35-6-4-2/h6,10-11,13-14,16-17,20,22-24,29-30,32-33,35-36,40,45-46,49-55,58-62H,3-5,7-9,12,15,18-19,21,25-28,31,34,37-39,41-44H2,1-2H3,(H,63,64)/b11-10-,14-13-,17-16-,23-20-,24-22-,32-29+,33-30-,35-6-,40-36+/t45?,46-,49?,50-,51+,52-,53-,54?/m1/s1. The first kappa shape index (κ1) is 63.5. The van der Waals surface area contributed by atoms with E-state index >= 15 is 0 Å². The molecule has 4 unspecified atom stereocenters. The molecule has 0 aromatic heterocycles. The van der Waals surface area contributed by atoms with E-state index in [9.17, 15) is 49.7 Å². The van der Waals surface area contributed by atoms with Crippen molar-refractivity contribution < 1.29 is 68.2 Å². The highest BCUT2D eigenvalue weighted by atomic mass is 31.2. The Balaban J connectivity index is 2.50. The quantitative estimate of drug-likeness (QED) is 0.00997. The maximum Gasteiger partial charge on any atom is 0.472 e. The van der Waals surface area contributed by atoms with Gasteiger partial charge in [-0.1, -0.05) is 168 Å². The van der Waals surface area contributed by atoms with Crippen molar-refractivity contribution in [2.75, 3.05) is 13.2 Å². The molecule has 0 amide bonds. The molecule has 7 N–H and O–H groups in total. The van der Waals surface area contributed by atoms with Crippen LogP contribution >= 0.6 is 7.82 Å². The Morgan fingerprint density at radius 3 is 1.59 bits per heavy atom. The number of aliphatic hydroxyl groups excluding tert-OH is 6. The van der Waals surface area contributed by atoms with E-state index < -0.39 is 81.8 Å². The van der Waals surface area contributed by atoms with Crippen molar-refractivity contribution in [2.24, 2.45) is 0 Å². The third kappa shape index (κ3) is 34.4. The van der Waals surface area contributed by atoms with Gasteiger partial charge in [0.25, 0.3) is 0 Å². The van der Waals surface area contributed by atoms with Crippen LogP contribution in [0.5, 0.6) is 0 Å². The number of ether oxygens (including phenoxy) is 2. The molecule has 0 aromatic rings. The lowest BCUT2D eigenvalue weighted by Crippen LogP contribution is -2.64. The summed E-state index contributed by atoms with van der Waals surface area (Å²) < 4.78 is 33.5. The predicted octanol–water partition coefficient (Wildman–Crippen LogP) is 9.75. The highest BCUT2D eigenvalue weighted by molar-refractivity contribution is 7.47. The van der Waals surface area contributed by atoms with Gasteiger partial charge in [0.2, 0.25) is 0 Å². The molecule has 0 aliphatic heterocycles. The van der Waals surface area contributed by atoms with Gasteiger partial charge < -0.3 is 45.0 Å². The van der Waals surface area contributed by atoms with E-state index in [2.05, 4.69) is 62.5 Å². The fraction of sp³-hybridized carbons (Fsp3) is 0.630. The Hall–Kier alpha value is -3.53. The number of unbranched alkanes of at least 4 members (excludes halogenated alkanes) is 10. The molecule has 14 nitrogen and oxygen atoms in total. The molecule has 0 spiro atoms. The lowest BCUT2D eigenvalue weighted by Gasteiger charge is -2.41. The first-order chi connectivity index (χ1) is 33.3. The van der Waals surface area contributed by atoms with Gasteiger partial charge in [-0.15, -0.1) is 0 Å². The molecule has 1 fully saturated rings. The summed E-state index contributed by atoms with van der Waals surface area (Å²) in [5, 5.41) is 60.1. The highest BCUT2D eigenvalue weighted by Crippen LogP contribution is 2.47. The highest BCUT2D eigenvalue weighted by Gasteiger charge is 2.51. The molecule has 1 saturated carbocycles. The van der Waals surface area contributed by atoms with E-state index in [1.807, 2.05) is 54.7 Å². The lowest BCUT2D eigenvalue weighted by atomic mass is 9.85. The number of esters is 2. The second kappa shape index (κ2) is 42.2. The molecule has 69 heavy (non-hydrogen) atoms. The average Bonchev–Trinajstić information content (AvgIpc) is 3.33. The summed E-state index contributed by atoms with van der Waals surface area (Å²) in [5.41, 5.74) is 0. The summed E-state index contributed by atoms with van der Waals surface area (Å²) in [7, 11) is -5.16. The summed E-state index contributed by atoms with van der Waals surface area (Å²) in [6, 6.07) is 0. The van der Waals surface area contributed by atoms with Crippen LogP contribution in [0.25, 0.3) is 0 Å². The number of phosphoric ester groups is 1. The molecule has 1 aliphatic rings. The largest absolute Gasteiger partial charge is 0.472 e. The van der Waals surface area contributed by atoms with Crippen LogP contribution in [0.1, 0.15) is 155 Å². The summed E-state index contributed by atoms with van der Waals surface area (Å²) in [4.78, 5) is 35.8. The summed E-state index contributed by atoms with van der Waals surface area (Å²) in [6.45, 7) is 3.00. The molecular formula is C54H87O14P. The van der Waals surface area contributed by atoms with E-state index in [-0.39, 0.29) is 12.8 Å². The zero-order chi connectivity index (χ0) is 50.8. The maximum atomic E-state index is 12.8. The monoisotopic (exact) mass is 991 g/mol. The molecule has 0 saturated heterocycles. The van der Waals surface area contributed by atoms with Crippen LogP contribution in [0, 0.1) is 0 Å². The number of carbonyl (C=O) groups is 2. The van der Waals surface area contributed by atoms with Gasteiger partial charge in [0, 0.05) is 12.8 Å². The minimum atomic E-state index is -5.16. The van der Waals surface area contributed by atoms with E-state index in [0.717, 1.165) is 77.0 Å². The van der Waals surface area contributed by atoms with Crippen molar-refractivity contribution in [3.8, 4) is 0 Å². The average molecular weight is 991 g/mol. The van der Waals surface area contributed by atoms with Crippen molar-refractivity contribution in [3.05, 3.63) is 109 Å². The third-order valence-electron chi connectivity index (χ3n) is 10.9. The van der Waals surface area contributed by atoms with Crippen molar-refractivity contribution in [1.82, 2.24) is 0 Å². The molecule has 0 radical (unpaired) electrons. The zero-order valence-electron chi connectivity index (χ0n) is 41.4. The number of aliphatic hydroxyl groups is 6. The van der Waals surface area contributed by atoms with E-state index in [1.165, 1.54) is 25.7 Å². The van der Waals surface area contributed by atoms with Gasteiger partial charge in [0.15, 0.2) is 6.10 Å². The van der Waals surface area contributed by atoms with Crippen LogP contribution in [-0.2, 0) is 32.7 Å². The number of hydrogen-bond acceptors (Lipinski definition) is 13. The van der Waals surface area contributed by atoms with Gasteiger partial charge >= 0.3 is 19.8 Å². The van der Waals surface area contributed by atoms with Gasteiger partial charge in [0.05, 0.1) is 12.7 Å². The summed E-state index contributed by atoms with van der Waals surface area (Å²) in [6.07, 6.45) is 41.8. The molecule has 392 valence electrons. The summed E-state index contributed by atoms with van der Waals surface area (Å²) in [5.74, 6) is -1.24. The number of phosphoric acid groups is 1. The van der Waals surface area contributed by atoms with Crippen molar-refractivity contribution >= 4 is 19.8 Å². The molecule has 1 aliphatic carbocycles. The van der Waals surface area contributed by atoms with Gasteiger partial charge in [0.1, 0.15) is 43.2 Å². The minimum absolute atomic E-state index is 0.0165. The van der Waals surface area contributed by atoms with Crippen LogP contribution in [0.3, 0.4) is 0 Å². The van der Waals surface area contributed by atoms with Crippen LogP contribution in [0.2, 0.25) is 0 Å². The normalized spacial score (nSPS) is 22.3. The molecule has 0 bridgehead atoms. The Morgan fingerprint density at radius 1 is 0.536 bits per heavy atom. The van der Waals surface area contributed by atoms with E-state index in [1.54, 1.807) is 6.08 Å². The van der Waals surface area contributed by atoms with Crippen molar-refractivity contribution in [1.29, 1.82) is 0 Å². The Bertz CT molecular complexity index is 1630. The van der Waals surface area contributed by atoms with Crippen LogP contribution in [-0.4, -0.2) is 110 Å². The van der Waals surface area contributed by atoms with Gasteiger partial charge in [-0.2, -0.15) is 0 Å². The predicted molar refractivity (Wildman–Crippen MR) is 273 cm³/mol. The van der Waals surface area contributed by atoms with Crippen LogP contribution in [0.15, 0.2) is 109 Å². The molecule has 1 rings (SSSR count). The third-order valence-corrected chi connectivity index (χ3v) is 11.9. The molecular weight excluding hydrogens is 904 g/mol. The first-order valence-corrected chi connectivity index (χ1v) is 26.8. The fourth-order valence-electron chi connectivity index (χ4n) is 6.87. The number of hydrogen-bond donors (Lipinski definition) is 7. The number of carbonyl (C=O) groups excluding carboxylic acids is 2. The number of rotatable bonds is 40. The van der Waals surface area contributed by atoms with Crippen molar-refractivity contribution in [2.45, 2.75) is 204 Å². The Kier molecular flexibility index (Phi) is 38.8. The van der Waals surface area contributed by atoms with Gasteiger partial charge in [-0.3, -0.25) is 18.6 Å². The second-order valence-electron chi connectivity index (χ2n) is 17.1. The minimum Gasteiger partial charge on any atom is -0.462 e. The first-order valence-electron chi connectivity index (χ1n) is 25.3. The molecule has 0 aromatic carbocycles. The van der Waals surface area contributed by atoms with E-state index in [4.69, 9.17) is 18.5 Å². The van der Waals surface area contributed by atoms with Crippen molar-refractivity contribution in [3.63, 3.8) is 0 Å². The SMILES string of the molecule is CC/C=C\CC(O)/C=C/C=C/C/C=C\C/C=C\C/C=C\CCC(=O)OC[C@H](COP(=O)(O)OC1[C@H](O)[C@H](O)C(O)[C@H](O)[C@H]1O)OC(=O)CCCCCCCC/C=C\C/C=C\C/C=C\CCCCCC. The van der Waals surface area contributed by atoms with Crippen LogP contribution < -0.4 is 0 Å². The van der Waals surface area contributed by atoms with Gasteiger partial charge in [-0.25, -0.2) is 4.57 Å². The smallest absolute Gasteiger partial charge is 0.462 e. The fourth-order valence-corrected chi connectivity index (χ4v) is 7.85. The van der Waals surface area contributed by atoms with Gasteiger partial charge in [-0.05, 0) is 83.5 Å². The Labute approximate surface area is 413 Å².